The van der Waals surface area contributed by atoms with E-state index in [4.69, 9.17) is 4.74 Å². The Morgan fingerprint density at radius 2 is 1.86 bits per heavy atom. The molecule has 0 radical (unpaired) electrons. The van der Waals surface area contributed by atoms with Gasteiger partial charge in [0.2, 0.25) is 0 Å². The molecule has 0 aromatic rings. The van der Waals surface area contributed by atoms with E-state index in [1.807, 2.05) is 27.7 Å². The van der Waals surface area contributed by atoms with Crippen LogP contribution in [0, 0.1) is 11.8 Å². The fraction of sp³-hybridized carbons (Fsp3) is 0.941. The fourth-order valence-electron chi connectivity index (χ4n) is 3.31. The second-order valence-corrected chi connectivity index (χ2v) is 8.11. The number of alkyl carbamates (subject to hydrolysis) is 1. The van der Waals surface area contributed by atoms with Gasteiger partial charge in [-0.2, -0.15) is 0 Å². The second-order valence-electron chi connectivity index (χ2n) is 8.11. The first-order valence-corrected chi connectivity index (χ1v) is 8.57. The molecule has 1 heterocycles. The number of carbonyl (C=O) groups is 1. The Kier molecular flexibility index (Phi) is 5.38. The van der Waals surface area contributed by atoms with Crippen LogP contribution in [0.5, 0.6) is 0 Å². The predicted molar refractivity (Wildman–Crippen MR) is 86.7 cm³/mol. The molecule has 0 bridgehead atoms. The molecule has 22 heavy (non-hydrogen) atoms. The first-order chi connectivity index (χ1) is 10.2. The van der Waals surface area contributed by atoms with Gasteiger partial charge in [0.15, 0.2) is 0 Å². The molecular weight excluding hydrogens is 280 g/mol. The third kappa shape index (κ3) is 5.13. The molecule has 1 amide bonds. The molecule has 0 spiro atoms. The molecule has 0 aromatic heterocycles. The van der Waals surface area contributed by atoms with Gasteiger partial charge in [-0.15, -0.1) is 0 Å². The minimum absolute atomic E-state index is 0.0457. The maximum Gasteiger partial charge on any atom is 0.407 e. The first-order valence-electron chi connectivity index (χ1n) is 8.57. The molecule has 1 aliphatic carbocycles. The molecule has 2 aliphatic rings. The van der Waals surface area contributed by atoms with E-state index in [0.29, 0.717) is 6.04 Å². The Morgan fingerprint density at radius 3 is 2.36 bits per heavy atom. The lowest BCUT2D eigenvalue weighted by molar-refractivity contribution is 0.0178. The van der Waals surface area contributed by atoms with Gasteiger partial charge in [-0.25, -0.2) is 4.79 Å². The number of amides is 1. The summed E-state index contributed by atoms with van der Waals surface area (Å²) in [6, 6.07) is 0.578. The summed E-state index contributed by atoms with van der Waals surface area (Å²) in [5.41, 5.74) is -0.483. The standard InChI is InChI=1S/C17H32N2O3/c1-11(13-6-7-13)19-9-14(12(2)20)8-15(10-19)18-16(21)22-17(3,4)5/h11-15,20H,6-10H2,1-5H3,(H,18,21). The molecule has 1 saturated heterocycles. The number of aliphatic hydroxyl groups excluding tert-OH is 1. The number of hydrogen-bond donors (Lipinski definition) is 2. The van der Waals surface area contributed by atoms with E-state index in [0.717, 1.165) is 25.4 Å². The number of nitrogens with zero attached hydrogens (tertiary/aromatic N) is 1. The molecular formula is C17H32N2O3. The quantitative estimate of drug-likeness (QED) is 0.837. The summed E-state index contributed by atoms with van der Waals surface area (Å²) in [4.78, 5) is 14.4. The number of hydrogen-bond acceptors (Lipinski definition) is 4. The van der Waals surface area contributed by atoms with Crippen LogP contribution in [0.15, 0.2) is 0 Å². The van der Waals surface area contributed by atoms with Crippen LogP contribution in [0.4, 0.5) is 4.79 Å². The Bertz CT molecular complexity index is 388. The second kappa shape index (κ2) is 6.75. The summed E-state index contributed by atoms with van der Waals surface area (Å²) in [5.74, 6) is 0.991. The normalized spacial score (nSPS) is 29.7. The highest BCUT2D eigenvalue weighted by Crippen LogP contribution is 2.37. The Balaban J connectivity index is 1.95. The molecule has 4 atom stereocenters. The fourth-order valence-corrected chi connectivity index (χ4v) is 3.31. The van der Waals surface area contributed by atoms with Crippen molar-refractivity contribution in [2.24, 2.45) is 11.8 Å². The average molecular weight is 312 g/mol. The van der Waals surface area contributed by atoms with Crippen LogP contribution in [0.1, 0.15) is 53.9 Å². The molecule has 4 unspecified atom stereocenters. The van der Waals surface area contributed by atoms with Crippen LogP contribution < -0.4 is 5.32 Å². The number of likely N-dealkylation sites (tertiary alicyclic amines) is 1. The van der Waals surface area contributed by atoms with Gasteiger partial charge >= 0.3 is 6.09 Å². The van der Waals surface area contributed by atoms with Crippen molar-refractivity contribution in [3.63, 3.8) is 0 Å². The van der Waals surface area contributed by atoms with Crippen LogP contribution >= 0.6 is 0 Å². The maximum atomic E-state index is 12.0. The molecule has 2 N–H and O–H groups in total. The lowest BCUT2D eigenvalue weighted by Gasteiger charge is -2.42. The van der Waals surface area contributed by atoms with Gasteiger partial charge in [-0.05, 0) is 65.7 Å². The summed E-state index contributed by atoms with van der Waals surface area (Å²) in [7, 11) is 0. The molecule has 0 aromatic carbocycles. The predicted octanol–water partition coefficient (Wildman–Crippen LogP) is 2.38. The van der Waals surface area contributed by atoms with Crippen LogP contribution in [0.2, 0.25) is 0 Å². The lowest BCUT2D eigenvalue weighted by atomic mass is 9.89. The van der Waals surface area contributed by atoms with E-state index in [9.17, 15) is 9.90 Å². The summed E-state index contributed by atoms with van der Waals surface area (Å²) in [6.07, 6.45) is 2.72. The van der Waals surface area contributed by atoms with E-state index in [1.54, 1.807) is 0 Å². The zero-order chi connectivity index (χ0) is 16.5. The Morgan fingerprint density at radius 1 is 1.23 bits per heavy atom. The number of ether oxygens (including phenoxy) is 1. The number of rotatable bonds is 4. The third-order valence-corrected chi connectivity index (χ3v) is 4.79. The zero-order valence-electron chi connectivity index (χ0n) is 14.6. The van der Waals surface area contributed by atoms with Crippen LogP contribution in [-0.4, -0.2) is 53.0 Å². The molecule has 2 fully saturated rings. The van der Waals surface area contributed by atoms with Crippen LogP contribution in [0.3, 0.4) is 0 Å². The van der Waals surface area contributed by atoms with E-state index in [1.165, 1.54) is 12.8 Å². The van der Waals surface area contributed by atoms with Crippen molar-refractivity contribution in [2.75, 3.05) is 13.1 Å². The molecule has 5 heteroatoms. The van der Waals surface area contributed by atoms with E-state index in [-0.39, 0.29) is 24.2 Å². The number of piperidine rings is 1. The molecule has 1 saturated carbocycles. The highest BCUT2D eigenvalue weighted by Gasteiger charge is 2.38. The van der Waals surface area contributed by atoms with Crippen molar-refractivity contribution in [2.45, 2.75) is 77.7 Å². The summed E-state index contributed by atoms with van der Waals surface area (Å²) in [5, 5.41) is 13.0. The van der Waals surface area contributed by atoms with Crippen molar-refractivity contribution in [1.82, 2.24) is 10.2 Å². The minimum Gasteiger partial charge on any atom is -0.444 e. The topological polar surface area (TPSA) is 61.8 Å². The summed E-state index contributed by atoms with van der Waals surface area (Å²) < 4.78 is 5.36. The van der Waals surface area contributed by atoms with Gasteiger partial charge < -0.3 is 15.2 Å². The van der Waals surface area contributed by atoms with Crippen molar-refractivity contribution in [3.05, 3.63) is 0 Å². The number of nitrogens with one attached hydrogen (secondary N) is 1. The molecule has 1 aliphatic heterocycles. The Hall–Kier alpha value is -0.810. The maximum absolute atomic E-state index is 12.0. The van der Waals surface area contributed by atoms with Crippen molar-refractivity contribution in [3.8, 4) is 0 Å². The van der Waals surface area contributed by atoms with Gasteiger partial charge in [0.05, 0.1) is 6.10 Å². The SMILES string of the molecule is CC(O)C1CC(NC(=O)OC(C)(C)C)CN(C(C)C2CC2)C1. The summed E-state index contributed by atoms with van der Waals surface area (Å²) >= 11 is 0. The van der Waals surface area contributed by atoms with Crippen LogP contribution in [-0.2, 0) is 4.74 Å². The largest absolute Gasteiger partial charge is 0.444 e. The minimum atomic E-state index is -0.483. The van der Waals surface area contributed by atoms with E-state index < -0.39 is 5.60 Å². The lowest BCUT2D eigenvalue weighted by Crippen LogP contribution is -2.55. The number of carbonyl (C=O) groups excluding carboxylic acids is 1. The van der Waals surface area contributed by atoms with Gasteiger partial charge in [-0.1, -0.05) is 0 Å². The van der Waals surface area contributed by atoms with Gasteiger partial charge in [-0.3, -0.25) is 4.90 Å². The van der Waals surface area contributed by atoms with Gasteiger partial charge in [0.25, 0.3) is 0 Å². The smallest absolute Gasteiger partial charge is 0.407 e. The van der Waals surface area contributed by atoms with Crippen molar-refractivity contribution in [1.29, 1.82) is 0 Å². The Labute approximate surface area is 134 Å². The number of aliphatic hydroxyl groups is 1. The van der Waals surface area contributed by atoms with Crippen molar-refractivity contribution < 1.29 is 14.6 Å². The van der Waals surface area contributed by atoms with E-state index >= 15 is 0 Å². The first kappa shape index (κ1) is 17.5. The highest BCUT2D eigenvalue weighted by atomic mass is 16.6. The van der Waals surface area contributed by atoms with E-state index in [2.05, 4.69) is 17.1 Å². The third-order valence-electron chi connectivity index (χ3n) is 4.79. The average Bonchev–Trinajstić information content (AvgIpc) is 3.19. The van der Waals surface area contributed by atoms with Gasteiger partial charge in [0, 0.05) is 25.2 Å². The summed E-state index contributed by atoms with van der Waals surface area (Å²) in [6.45, 7) is 11.5. The van der Waals surface area contributed by atoms with Gasteiger partial charge in [0.1, 0.15) is 5.60 Å². The molecule has 128 valence electrons. The monoisotopic (exact) mass is 312 g/mol. The zero-order valence-corrected chi connectivity index (χ0v) is 14.6. The van der Waals surface area contributed by atoms with Crippen molar-refractivity contribution >= 4 is 6.09 Å². The molecule has 5 nitrogen and oxygen atoms in total. The molecule has 2 rings (SSSR count). The van der Waals surface area contributed by atoms with Crippen LogP contribution in [0.25, 0.3) is 0 Å². The highest BCUT2D eigenvalue weighted by molar-refractivity contribution is 5.68.